The van der Waals surface area contributed by atoms with Gasteiger partial charge in [0, 0.05) is 29.9 Å². The van der Waals surface area contributed by atoms with Crippen molar-refractivity contribution >= 4 is 34.8 Å². The molecule has 2 aromatic rings. The summed E-state index contributed by atoms with van der Waals surface area (Å²) >= 11 is 0. The molecule has 0 aliphatic carbocycles. The first-order chi connectivity index (χ1) is 13.4. The molecule has 9 heteroatoms. The average Bonchev–Trinajstić information content (AvgIpc) is 2.69. The highest BCUT2D eigenvalue weighted by molar-refractivity contribution is 6.04. The number of benzene rings is 2. The smallest absolute Gasteiger partial charge is 0.337 e. The van der Waals surface area contributed by atoms with Crippen LogP contribution in [0.5, 0.6) is 0 Å². The van der Waals surface area contributed by atoms with Crippen LogP contribution in [-0.4, -0.2) is 36.4 Å². The predicted octanol–water partition coefficient (Wildman–Crippen LogP) is 2.30. The Morgan fingerprint density at radius 1 is 1.18 bits per heavy atom. The summed E-state index contributed by atoms with van der Waals surface area (Å²) in [7, 11) is 1.28. The van der Waals surface area contributed by atoms with E-state index in [9.17, 15) is 24.5 Å². The molecule has 0 unspecified atom stereocenters. The molecule has 144 valence electrons. The summed E-state index contributed by atoms with van der Waals surface area (Å²) in [4.78, 5) is 47.8. The van der Waals surface area contributed by atoms with Gasteiger partial charge in [-0.05, 0) is 42.3 Å². The molecule has 1 aliphatic heterocycles. The van der Waals surface area contributed by atoms with Crippen molar-refractivity contribution in [3.63, 3.8) is 0 Å². The fraction of sp³-hybridized carbons (Fsp3) is 0.211. The summed E-state index contributed by atoms with van der Waals surface area (Å²) in [5.41, 5.74) is 1.92. The topological polar surface area (TPSA) is 119 Å². The lowest BCUT2D eigenvalue weighted by Gasteiger charge is -2.28. The van der Waals surface area contributed by atoms with Crippen molar-refractivity contribution in [3.05, 3.63) is 63.7 Å². The lowest BCUT2D eigenvalue weighted by atomic mass is 10.0. The van der Waals surface area contributed by atoms with Crippen molar-refractivity contribution in [2.75, 3.05) is 23.9 Å². The Morgan fingerprint density at radius 2 is 1.89 bits per heavy atom. The normalized spacial score (nSPS) is 12.9. The van der Waals surface area contributed by atoms with Gasteiger partial charge in [-0.1, -0.05) is 0 Å². The third kappa shape index (κ3) is 3.98. The van der Waals surface area contributed by atoms with Crippen LogP contribution in [0, 0.1) is 10.1 Å². The van der Waals surface area contributed by atoms with Crippen LogP contribution < -0.4 is 10.2 Å². The van der Waals surface area contributed by atoms with Gasteiger partial charge in [-0.3, -0.25) is 19.7 Å². The van der Waals surface area contributed by atoms with Crippen molar-refractivity contribution in [1.82, 2.24) is 0 Å². The standard InChI is InChI=1S/C19H17N3O6/c1-28-19(25)12-2-5-14(6-3-12)20-17(23)11-21-16-8-7-15(22(26)27)10-13(16)4-9-18(21)24/h2-3,5-8,10H,4,9,11H2,1H3,(H,20,23). The van der Waals surface area contributed by atoms with Crippen molar-refractivity contribution in [3.8, 4) is 0 Å². The molecule has 0 fully saturated rings. The first kappa shape index (κ1) is 19.0. The van der Waals surface area contributed by atoms with E-state index in [1.165, 1.54) is 42.3 Å². The third-order valence-corrected chi connectivity index (χ3v) is 4.37. The van der Waals surface area contributed by atoms with Gasteiger partial charge in [0.25, 0.3) is 5.69 Å². The lowest BCUT2D eigenvalue weighted by molar-refractivity contribution is -0.384. The number of amides is 2. The number of anilines is 2. The van der Waals surface area contributed by atoms with Gasteiger partial charge in [0.05, 0.1) is 17.6 Å². The third-order valence-electron chi connectivity index (χ3n) is 4.37. The van der Waals surface area contributed by atoms with Gasteiger partial charge in [-0.25, -0.2) is 4.79 Å². The zero-order chi connectivity index (χ0) is 20.3. The number of hydrogen-bond donors (Lipinski definition) is 1. The van der Waals surface area contributed by atoms with Crippen LogP contribution in [0.3, 0.4) is 0 Å². The largest absolute Gasteiger partial charge is 0.465 e. The van der Waals surface area contributed by atoms with Gasteiger partial charge in [0.1, 0.15) is 6.54 Å². The maximum Gasteiger partial charge on any atom is 0.337 e. The number of nitrogens with one attached hydrogen (secondary N) is 1. The molecule has 0 aromatic heterocycles. The second-order valence-electron chi connectivity index (χ2n) is 6.17. The summed E-state index contributed by atoms with van der Waals surface area (Å²) in [6.45, 7) is -0.220. The van der Waals surface area contributed by atoms with E-state index in [2.05, 4.69) is 10.1 Å². The molecule has 0 radical (unpaired) electrons. The Hall–Kier alpha value is -3.75. The lowest BCUT2D eigenvalue weighted by Crippen LogP contribution is -2.40. The zero-order valence-electron chi connectivity index (χ0n) is 15.0. The van der Waals surface area contributed by atoms with Gasteiger partial charge in [0.2, 0.25) is 11.8 Å². The monoisotopic (exact) mass is 383 g/mol. The molecule has 0 atom stereocenters. The number of nitro groups is 1. The highest BCUT2D eigenvalue weighted by atomic mass is 16.6. The highest BCUT2D eigenvalue weighted by Crippen LogP contribution is 2.31. The number of rotatable bonds is 5. The van der Waals surface area contributed by atoms with Gasteiger partial charge >= 0.3 is 5.97 Å². The Morgan fingerprint density at radius 3 is 2.54 bits per heavy atom. The Balaban J connectivity index is 1.72. The summed E-state index contributed by atoms with van der Waals surface area (Å²) in [6.07, 6.45) is 0.568. The molecule has 1 aliphatic rings. The van der Waals surface area contributed by atoms with E-state index in [0.717, 1.165) is 0 Å². The molecule has 28 heavy (non-hydrogen) atoms. The Labute approximate surface area is 160 Å². The SMILES string of the molecule is COC(=O)c1ccc(NC(=O)CN2C(=O)CCc3cc([N+](=O)[O-])ccc32)cc1. The number of ether oxygens (including phenoxy) is 1. The van der Waals surface area contributed by atoms with Crippen LogP contribution in [0.1, 0.15) is 22.3 Å². The number of carbonyl (C=O) groups is 3. The molecule has 0 saturated heterocycles. The number of carbonyl (C=O) groups excluding carboxylic acids is 3. The molecular formula is C19H17N3O6. The molecular weight excluding hydrogens is 366 g/mol. The van der Waals surface area contributed by atoms with E-state index in [1.54, 1.807) is 12.1 Å². The number of nitro benzene ring substituents is 1. The predicted molar refractivity (Wildman–Crippen MR) is 100 cm³/mol. The van der Waals surface area contributed by atoms with Crippen molar-refractivity contribution in [2.45, 2.75) is 12.8 Å². The second kappa shape index (κ2) is 7.87. The van der Waals surface area contributed by atoms with Gasteiger partial charge < -0.3 is 15.0 Å². The molecule has 1 N–H and O–H groups in total. The summed E-state index contributed by atoms with van der Waals surface area (Å²) < 4.78 is 4.61. The molecule has 1 heterocycles. The summed E-state index contributed by atoms with van der Waals surface area (Å²) in [5.74, 6) is -1.13. The van der Waals surface area contributed by atoms with Crippen LogP contribution in [-0.2, 0) is 20.7 Å². The Bertz CT molecular complexity index is 955. The van der Waals surface area contributed by atoms with E-state index in [4.69, 9.17) is 0 Å². The zero-order valence-corrected chi connectivity index (χ0v) is 15.0. The van der Waals surface area contributed by atoms with E-state index >= 15 is 0 Å². The van der Waals surface area contributed by atoms with E-state index in [0.29, 0.717) is 28.9 Å². The fourth-order valence-corrected chi connectivity index (χ4v) is 2.98. The number of hydrogen-bond acceptors (Lipinski definition) is 6. The molecule has 0 saturated carbocycles. The molecule has 2 amide bonds. The van der Waals surface area contributed by atoms with E-state index < -0.39 is 16.8 Å². The molecule has 2 aromatic carbocycles. The molecule has 0 bridgehead atoms. The van der Waals surface area contributed by atoms with E-state index in [1.807, 2.05) is 0 Å². The number of fused-ring (bicyclic) bond motifs is 1. The van der Waals surface area contributed by atoms with Crippen molar-refractivity contribution in [1.29, 1.82) is 0 Å². The van der Waals surface area contributed by atoms with Crippen LogP contribution in [0.25, 0.3) is 0 Å². The van der Waals surface area contributed by atoms with Crippen molar-refractivity contribution in [2.24, 2.45) is 0 Å². The minimum atomic E-state index is -0.494. The minimum Gasteiger partial charge on any atom is -0.465 e. The average molecular weight is 383 g/mol. The van der Waals surface area contributed by atoms with Crippen molar-refractivity contribution < 1.29 is 24.0 Å². The maximum absolute atomic E-state index is 12.4. The second-order valence-corrected chi connectivity index (χ2v) is 6.17. The highest BCUT2D eigenvalue weighted by Gasteiger charge is 2.27. The van der Waals surface area contributed by atoms with Crippen LogP contribution in [0.2, 0.25) is 0 Å². The first-order valence-electron chi connectivity index (χ1n) is 8.45. The number of nitrogens with zero attached hydrogens (tertiary/aromatic N) is 2. The minimum absolute atomic E-state index is 0.0526. The van der Waals surface area contributed by atoms with Crippen LogP contribution >= 0.6 is 0 Å². The van der Waals surface area contributed by atoms with Gasteiger partial charge in [-0.2, -0.15) is 0 Å². The molecule has 3 rings (SSSR count). The van der Waals surface area contributed by atoms with Gasteiger partial charge in [0.15, 0.2) is 0 Å². The molecule has 9 nitrogen and oxygen atoms in total. The van der Waals surface area contributed by atoms with Crippen LogP contribution in [0.15, 0.2) is 42.5 Å². The quantitative estimate of drug-likeness (QED) is 0.481. The fourth-order valence-electron chi connectivity index (χ4n) is 2.98. The summed E-state index contributed by atoms with van der Waals surface area (Å²) in [6, 6.07) is 10.4. The van der Waals surface area contributed by atoms with Gasteiger partial charge in [-0.15, -0.1) is 0 Å². The van der Waals surface area contributed by atoms with Crippen LogP contribution in [0.4, 0.5) is 17.1 Å². The number of aryl methyl sites for hydroxylation is 1. The Kier molecular flexibility index (Phi) is 5.35. The molecule has 0 spiro atoms. The number of methoxy groups -OCH3 is 1. The number of non-ortho nitro benzene ring substituents is 1. The first-order valence-corrected chi connectivity index (χ1v) is 8.45. The summed E-state index contributed by atoms with van der Waals surface area (Å²) in [5, 5.41) is 13.6. The maximum atomic E-state index is 12.4. The number of esters is 1. The van der Waals surface area contributed by atoms with E-state index in [-0.39, 0.29) is 24.6 Å².